The van der Waals surface area contributed by atoms with Gasteiger partial charge in [-0.1, -0.05) is 56.0 Å². The van der Waals surface area contributed by atoms with Crippen molar-refractivity contribution in [2.75, 3.05) is 13.1 Å². The Kier molecular flexibility index (Phi) is 4.66. The minimum absolute atomic E-state index is 0.142. The SMILES string of the molecule is CC1CN(C2CCCCCC2)C(C)(c2ccccc2)CN1. The number of nitrogens with one attached hydrogen (secondary N) is 1. The first-order valence-electron chi connectivity index (χ1n) is 8.76. The second-order valence-corrected chi connectivity index (χ2v) is 7.22. The van der Waals surface area contributed by atoms with Crippen molar-refractivity contribution in [3.63, 3.8) is 0 Å². The molecule has 0 spiro atoms. The highest BCUT2D eigenvalue weighted by Crippen LogP contribution is 2.36. The molecule has 2 unspecified atom stereocenters. The topological polar surface area (TPSA) is 15.3 Å². The molecule has 1 saturated heterocycles. The van der Waals surface area contributed by atoms with Crippen molar-refractivity contribution in [1.29, 1.82) is 0 Å². The Balaban J connectivity index is 1.88. The summed E-state index contributed by atoms with van der Waals surface area (Å²) in [5.41, 5.74) is 1.61. The Bertz CT molecular complexity index is 436. The van der Waals surface area contributed by atoms with E-state index in [-0.39, 0.29) is 5.54 Å². The molecule has 1 heterocycles. The molecular formula is C19H30N2. The molecule has 2 fully saturated rings. The number of piperazine rings is 1. The highest BCUT2D eigenvalue weighted by Gasteiger charge is 2.41. The van der Waals surface area contributed by atoms with E-state index in [2.05, 4.69) is 54.4 Å². The van der Waals surface area contributed by atoms with Gasteiger partial charge < -0.3 is 5.32 Å². The lowest BCUT2D eigenvalue weighted by atomic mass is 9.84. The summed E-state index contributed by atoms with van der Waals surface area (Å²) in [5.74, 6) is 0. The number of nitrogens with zero attached hydrogens (tertiary/aromatic N) is 1. The van der Waals surface area contributed by atoms with Crippen LogP contribution < -0.4 is 5.32 Å². The van der Waals surface area contributed by atoms with E-state index in [1.807, 2.05) is 0 Å². The van der Waals surface area contributed by atoms with Crippen molar-refractivity contribution in [3.8, 4) is 0 Å². The van der Waals surface area contributed by atoms with Gasteiger partial charge in [-0.25, -0.2) is 0 Å². The van der Waals surface area contributed by atoms with Crippen molar-refractivity contribution < 1.29 is 0 Å². The molecule has 116 valence electrons. The van der Waals surface area contributed by atoms with Gasteiger partial charge in [0, 0.05) is 25.2 Å². The van der Waals surface area contributed by atoms with Crippen LogP contribution in [-0.4, -0.2) is 30.1 Å². The summed E-state index contributed by atoms with van der Waals surface area (Å²) in [7, 11) is 0. The molecule has 0 amide bonds. The predicted octanol–water partition coefficient (Wildman–Crippen LogP) is 3.92. The minimum atomic E-state index is 0.142. The van der Waals surface area contributed by atoms with Crippen LogP contribution in [0.25, 0.3) is 0 Å². The average molecular weight is 286 g/mol. The average Bonchev–Trinajstić information content (AvgIpc) is 2.80. The van der Waals surface area contributed by atoms with Crippen LogP contribution in [0, 0.1) is 0 Å². The number of hydrogen-bond donors (Lipinski definition) is 1. The van der Waals surface area contributed by atoms with E-state index in [9.17, 15) is 0 Å². The van der Waals surface area contributed by atoms with Crippen molar-refractivity contribution in [1.82, 2.24) is 10.2 Å². The number of rotatable bonds is 2. The number of hydrogen-bond acceptors (Lipinski definition) is 2. The highest BCUT2D eigenvalue weighted by atomic mass is 15.3. The van der Waals surface area contributed by atoms with Crippen LogP contribution in [0.4, 0.5) is 0 Å². The Morgan fingerprint density at radius 1 is 1.05 bits per heavy atom. The van der Waals surface area contributed by atoms with Gasteiger partial charge in [0.2, 0.25) is 0 Å². The highest BCUT2D eigenvalue weighted by molar-refractivity contribution is 5.26. The standard InChI is InChI=1S/C19H30N2/c1-16-14-21(18-12-8-3-4-9-13-18)19(2,15-20-16)17-10-6-5-7-11-17/h5-7,10-11,16,18,20H,3-4,8-9,12-15H2,1-2H3. The number of benzene rings is 1. The van der Waals surface area contributed by atoms with Crippen LogP contribution in [0.15, 0.2) is 30.3 Å². The first kappa shape index (κ1) is 15.1. The second kappa shape index (κ2) is 6.50. The first-order valence-corrected chi connectivity index (χ1v) is 8.76. The summed E-state index contributed by atoms with van der Waals surface area (Å²) >= 11 is 0. The maximum absolute atomic E-state index is 3.71. The van der Waals surface area contributed by atoms with Gasteiger partial charge in [-0.15, -0.1) is 0 Å². The summed E-state index contributed by atoms with van der Waals surface area (Å²) in [5, 5.41) is 3.71. The molecule has 1 aliphatic carbocycles. The van der Waals surface area contributed by atoms with Gasteiger partial charge >= 0.3 is 0 Å². The quantitative estimate of drug-likeness (QED) is 0.829. The lowest BCUT2D eigenvalue weighted by Crippen LogP contribution is -2.63. The van der Waals surface area contributed by atoms with Gasteiger partial charge in [0.05, 0.1) is 5.54 Å². The van der Waals surface area contributed by atoms with Crippen LogP contribution >= 0.6 is 0 Å². The van der Waals surface area contributed by atoms with Crippen LogP contribution in [0.2, 0.25) is 0 Å². The third kappa shape index (κ3) is 3.17. The summed E-state index contributed by atoms with van der Waals surface area (Å²) in [6.45, 7) is 7.01. The Labute approximate surface area is 129 Å². The lowest BCUT2D eigenvalue weighted by Gasteiger charge is -2.51. The van der Waals surface area contributed by atoms with Crippen molar-refractivity contribution in [2.24, 2.45) is 0 Å². The smallest absolute Gasteiger partial charge is 0.0560 e. The van der Waals surface area contributed by atoms with Gasteiger partial charge in [-0.3, -0.25) is 4.90 Å². The summed E-state index contributed by atoms with van der Waals surface area (Å²) in [6.07, 6.45) is 8.45. The minimum Gasteiger partial charge on any atom is -0.311 e. The van der Waals surface area contributed by atoms with E-state index in [1.165, 1.54) is 50.6 Å². The molecule has 2 nitrogen and oxygen atoms in total. The summed E-state index contributed by atoms with van der Waals surface area (Å²) in [6, 6.07) is 12.5. The Hall–Kier alpha value is -0.860. The van der Waals surface area contributed by atoms with E-state index in [0.29, 0.717) is 6.04 Å². The lowest BCUT2D eigenvalue weighted by molar-refractivity contribution is 0.00692. The van der Waals surface area contributed by atoms with E-state index in [0.717, 1.165) is 12.6 Å². The van der Waals surface area contributed by atoms with Gasteiger partial charge in [0.1, 0.15) is 0 Å². The van der Waals surface area contributed by atoms with Crippen LogP contribution in [-0.2, 0) is 5.54 Å². The van der Waals surface area contributed by atoms with E-state index in [1.54, 1.807) is 0 Å². The molecular weight excluding hydrogens is 256 g/mol. The van der Waals surface area contributed by atoms with Crippen molar-refractivity contribution in [3.05, 3.63) is 35.9 Å². The van der Waals surface area contributed by atoms with Gasteiger partial charge in [0.15, 0.2) is 0 Å². The molecule has 1 aliphatic heterocycles. The molecule has 0 aromatic heterocycles. The molecule has 1 N–H and O–H groups in total. The molecule has 2 aliphatic rings. The first-order chi connectivity index (χ1) is 10.2. The van der Waals surface area contributed by atoms with Gasteiger partial charge in [0.25, 0.3) is 0 Å². The third-order valence-corrected chi connectivity index (χ3v) is 5.56. The largest absolute Gasteiger partial charge is 0.311 e. The fourth-order valence-electron chi connectivity index (χ4n) is 4.22. The normalized spacial score (nSPS) is 32.8. The molecule has 0 bridgehead atoms. The van der Waals surface area contributed by atoms with Crippen LogP contribution in [0.3, 0.4) is 0 Å². The van der Waals surface area contributed by atoms with Crippen LogP contribution in [0.1, 0.15) is 57.9 Å². The fourth-order valence-corrected chi connectivity index (χ4v) is 4.22. The maximum Gasteiger partial charge on any atom is 0.0560 e. The molecule has 1 saturated carbocycles. The van der Waals surface area contributed by atoms with Crippen molar-refractivity contribution in [2.45, 2.75) is 70.0 Å². The fraction of sp³-hybridized carbons (Fsp3) is 0.684. The van der Waals surface area contributed by atoms with E-state index < -0.39 is 0 Å². The maximum atomic E-state index is 3.71. The molecule has 2 atom stereocenters. The van der Waals surface area contributed by atoms with Crippen molar-refractivity contribution >= 4 is 0 Å². The van der Waals surface area contributed by atoms with E-state index >= 15 is 0 Å². The third-order valence-electron chi connectivity index (χ3n) is 5.56. The molecule has 2 heteroatoms. The molecule has 1 aromatic carbocycles. The second-order valence-electron chi connectivity index (χ2n) is 7.22. The van der Waals surface area contributed by atoms with Gasteiger partial charge in [-0.05, 0) is 32.3 Å². The van der Waals surface area contributed by atoms with Crippen LogP contribution in [0.5, 0.6) is 0 Å². The zero-order valence-corrected chi connectivity index (χ0v) is 13.6. The van der Waals surface area contributed by atoms with E-state index in [4.69, 9.17) is 0 Å². The molecule has 3 rings (SSSR count). The predicted molar refractivity (Wildman–Crippen MR) is 89.5 cm³/mol. The molecule has 0 radical (unpaired) electrons. The van der Waals surface area contributed by atoms with Gasteiger partial charge in [-0.2, -0.15) is 0 Å². The molecule has 21 heavy (non-hydrogen) atoms. The summed E-state index contributed by atoms with van der Waals surface area (Å²) in [4.78, 5) is 2.83. The monoisotopic (exact) mass is 286 g/mol. The zero-order chi connectivity index (χ0) is 14.7. The molecule has 1 aromatic rings. The summed E-state index contributed by atoms with van der Waals surface area (Å²) < 4.78 is 0. The Morgan fingerprint density at radius 3 is 2.38 bits per heavy atom. The zero-order valence-electron chi connectivity index (χ0n) is 13.6. The Morgan fingerprint density at radius 2 is 1.71 bits per heavy atom.